The second kappa shape index (κ2) is 10.6. The van der Waals surface area contributed by atoms with Crippen molar-refractivity contribution in [2.24, 2.45) is 0 Å². The first-order chi connectivity index (χ1) is 18.8. The van der Waals surface area contributed by atoms with Gasteiger partial charge in [-0.1, -0.05) is 97.1 Å². The van der Waals surface area contributed by atoms with E-state index in [1.165, 1.54) is 11.8 Å². The summed E-state index contributed by atoms with van der Waals surface area (Å²) in [7, 11) is 0. The number of carboxylic acid groups (broad SMARTS) is 1. The lowest BCUT2D eigenvalue weighted by Crippen LogP contribution is -2.58. The first-order valence-electron chi connectivity index (χ1n) is 13.0. The lowest BCUT2D eigenvalue weighted by Gasteiger charge is -2.43. The lowest BCUT2D eigenvalue weighted by molar-refractivity contribution is -0.160. The van der Waals surface area contributed by atoms with Crippen molar-refractivity contribution >= 4 is 33.4 Å². The van der Waals surface area contributed by atoms with Gasteiger partial charge in [-0.15, -0.1) is 0 Å². The molecule has 0 aliphatic heterocycles. The van der Waals surface area contributed by atoms with Gasteiger partial charge in [0.15, 0.2) is 0 Å². The van der Waals surface area contributed by atoms with Crippen LogP contribution in [0.2, 0.25) is 0 Å². The molecule has 2 N–H and O–H groups in total. The van der Waals surface area contributed by atoms with E-state index in [0.717, 1.165) is 38.2 Å². The molecule has 5 heteroatoms. The Labute approximate surface area is 227 Å². The van der Waals surface area contributed by atoms with E-state index >= 15 is 0 Å². The van der Waals surface area contributed by atoms with Gasteiger partial charge >= 0.3 is 5.97 Å². The molecule has 0 aliphatic carbocycles. The van der Waals surface area contributed by atoms with Gasteiger partial charge in [-0.3, -0.25) is 4.79 Å². The molecule has 0 spiro atoms. The number of aliphatic carboxylic acids is 1. The van der Waals surface area contributed by atoms with Gasteiger partial charge in [-0.05, 0) is 63.7 Å². The Bertz CT molecular complexity index is 1650. The van der Waals surface area contributed by atoms with Crippen LogP contribution in [0.25, 0.3) is 21.5 Å². The van der Waals surface area contributed by atoms with Crippen LogP contribution in [0.5, 0.6) is 5.75 Å². The first kappa shape index (κ1) is 26.0. The molecule has 5 nitrogen and oxygen atoms in total. The molecule has 0 saturated heterocycles. The molecule has 5 rings (SSSR count). The minimum absolute atomic E-state index is 0.0962. The van der Waals surface area contributed by atoms with Crippen LogP contribution in [0.15, 0.2) is 109 Å². The molecule has 196 valence electrons. The summed E-state index contributed by atoms with van der Waals surface area (Å²) in [5.74, 6) is -1.93. The summed E-state index contributed by atoms with van der Waals surface area (Å²) in [4.78, 5) is 28.1. The van der Waals surface area contributed by atoms with Gasteiger partial charge < -0.3 is 15.1 Å². The zero-order valence-electron chi connectivity index (χ0n) is 22.0. The minimum Gasteiger partial charge on any atom is -0.508 e. The van der Waals surface area contributed by atoms with Gasteiger partial charge in [-0.25, -0.2) is 4.79 Å². The van der Waals surface area contributed by atoms with Crippen molar-refractivity contribution in [3.8, 4) is 5.75 Å². The molecule has 1 amide bonds. The highest BCUT2D eigenvalue weighted by Gasteiger charge is 2.48. The maximum absolute atomic E-state index is 13.3. The normalized spacial score (nSPS) is 13.6. The zero-order valence-corrected chi connectivity index (χ0v) is 22.0. The molecule has 0 radical (unpaired) electrons. The molecule has 2 unspecified atom stereocenters. The van der Waals surface area contributed by atoms with Crippen molar-refractivity contribution in [2.75, 3.05) is 0 Å². The summed E-state index contributed by atoms with van der Waals surface area (Å²) >= 11 is 0. The number of phenols is 1. The monoisotopic (exact) mass is 517 g/mol. The number of carbonyl (C=O) groups is 2. The van der Waals surface area contributed by atoms with E-state index in [1.54, 1.807) is 31.2 Å². The van der Waals surface area contributed by atoms with Crippen LogP contribution in [0, 0.1) is 0 Å². The average Bonchev–Trinajstić information content (AvgIpc) is 2.94. The number of nitrogens with zero attached hydrogens (tertiary/aromatic N) is 1. The maximum Gasteiger partial charge on any atom is 0.330 e. The van der Waals surface area contributed by atoms with Crippen molar-refractivity contribution in [2.45, 2.75) is 38.3 Å². The standard InChI is InChI=1S/C34H31NO4/c1-23(36)35(22-28-14-8-12-25-10-4-6-16-31(25)28)34(2,33(38)39)32(26-17-19-29(37)20-18-26)21-27-13-7-11-24-9-3-5-15-30(24)27/h3-20,32,37H,21-22H2,1-2H3,(H,38,39). The Kier molecular flexibility index (Phi) is 7.07. The number of amides is 1. The fraction of sp³-hybridized carbons (Fsp3) is 0.176. The van der Waals surface area contributed by atoms with Crippen LogP contribution in [-0.2, 0) is 22.6 Å². The molecule has 0 heterocycles. The number of phenolic OH excluding ortho intramolecular Hbond substituents is 1. The molecule has 0 bridgehead atoms. The Hall–Kier alpha value is -4.64. The summed E-state index contributed by atoms with van der Waals surface area (Å²) in [5, 5.41) is 25.0. The number of carboxylic acids is 1. The van der Waals surface area contributed by atoms with Crippen LogP contribution < -0.4 is 0 Å². The summed E-state index contributed by atoms with van der Waals surface area (Å²) < 4.78 is 0. The topological polar surface area (TPSA) is 77.8 Å². The van der Waals surface area contributed by atoms with E-state index in [4.69, 9.17) is 0 Å². The zero-order chi connectivity index (χ0) is 27.6. The van der Waals surface area contributed by atoms with Crippen molar-refractivity contribution in [3.63, 3.8) is 0 Å². The van der Waals surface area contributed by atoms with Gasteiger partial charge in [0, 0.05) is 19.4 Å². The molecule has 5 aromatic carbocycles. The third kappa shape index (κ3) is 4.96. The summed E-state index contributed by atoms with van der Waals surface area (Å²) in [6.45, 7) is 3.21. The highest BCUT2D eigenvalue weighted by Crippen LogP contribution is 2.40. The fourth-order valence-electron chi connectivity index (χ4n) is 5.69. The van der Waals surface area contributed by atoms with Gasteiger partial charge in [0.2, 0.25) is 5.91 Å². The van der Waals surface area contributed by atoms with Crippen LogP contribution in [0.3, 0.4) is 0 Å². The Morgan fingerprint density at radius 3 is 1.82 bits per heavy atom. The predicted octanol–water partition coefficient (Wildman–Crippen LogP) is 6.92. The van der Waals surface area contributed by atoms with E-state index in [0.29, 0.717) is 6.42 Å². The van der Waals surface area contributed by atoms with E-state index in [1.807, 2.05) is 84.9 Å². The molecule has 0 saturated carbocycles. The summed E-state index contributed by atoms with van der Waals surface area (Å²) in [5.41, 5.74) is 1.00. The first-order valence-corrected chi connectivity index (χ1v) is 13.0. The Balaban J connectivity index is 1.67. The van der Waals surface area contributed by atoms with E-state index in [9.17, 15) is 19.8 Å². The van der Waals surface area contributed by atoms with Gasteiger partial charge in [0.1, 0.15) is 11.3 Å². The van der Waals surface area contributed by atoms with Crippen molar-refractivity contribution in [3.05, 3.63) is 126 Å². The van der Waals surface area contributed by atoms with Gasteiger partial charge in [-0.2, -0.15) is 0 Å². The highest BCUT2D eigenvalue weighted by molar-refractivity contribution is 5.90. The molecule has 0 aliphatic rings. The van der Waals surface area contributed by atoms with E-state index in [2.05, 4.69) is 0 Å². The molecular formula is C34H31NO4. The second-order valence-corrected chi connectivity index (χ2v) is 10.2. The van der Waals surface area contributed by atoms with Gasteiger partial charge in [0.25, 0.3) is 0 Å². The minimum atomic E-state index is -1.60. The SMILES string of the molecule is CC(=O)N(Cc1cccc2ccccc12)C(C)(C(=O)O)C(Cc1cccc2ccccc12)c1ccc(O)cc1. The molecule has 5 aromatic rings. The van der Waals surface area contributed by atoms with Crippen molar-refractivity contribution in [1.82, 2.24) is 4.90 Å². The average molecular weight is 518 g/mol. The number of hydrogen-bond donors (Lipinski definition) is 2. The second-order valence-electron chi connectivity index (χ2n) is 10.2. The maximum atomic E-state index is 13.3. The molecule has 0 aromatic heterocycles. The quantitative estimate of drug-likeness (QED) is 0.234. The van der Waals surface area contributed by atoms with E-state index in [-0.39, 0.29) is 18.2 Å². The lowest BCUT2D eigenvalue weighted by atomic mass is 9.74. The number of rotatable bonds is 8. The van der Waals surface area contributed by atoms with E-state index < -0.39 is 17.4 Å². The number of benzene rings is 5. The van der Waals surface area contributed by atoms with Crippen LogP contribution in [0.1, 0.15) is 36.5 Å². The summed E-state index contributed by atoms with van der Waals surface area (Å²) in [6.07, 6.45) is 0.383. The highest BCUT2D eigenvalue weighted by atomic mass is 16.4. The largest absolute Gasteiger partial charge is 0.508 e. The third-order valence-electron chi connectivity index (χ3n) is 7.86. The third-order valence-corrected chi connectivity index (χ3v) is 7.86. The Morgan fingerprint density at radius 2 is 1.26 bits per heavy atom. The summed E-state index contributed by atoms with van der Waals surface area (Å²) in [6, 6.07) is 34.5. The fourth-order valence-corrected chi connectivity index (χ4v) is 5.69. The van der Waals surface area contributed by atoms with Crippen molar-refractivity contribution < 1.29 is 19.8 Å². The number of aromatic hydroxyl groups is 1. The smallest absolute Gasteiger partial charge is 0.330 e. The molecule has 2 atom stereocenters. The predicted molar refractivity (Wildman–Crippen MR) is 155 cm³/mol. The number of fused-ring (bicyclic) bond motifs is 2. The van der Waals surface area contributed by atoms with Gasteiger partial charge in [0.05, 0.1) is 0 Å². The molecular weight excluding hydrogens is 486 g/mol. The van der Waals surface area contributed by atoms with Crippen LogP contribution in [-0.4, -0.2) is 32.5 Å². The molecule has 0 fully saturated rings. The van der Waals surface area contributed by atoms with Crippen LogP contribution in [0.4, 0.5) is 0 Å². The molecule has 39 heavy (non-hydrogen) atoms. The Morgan fingerprint density at radius 1 is 0.744 bits per heavy atom. The number of carbonyl (C=O) groups excluding carboxylic acids is 1. The van der Waals surface area contributed by atoms with Crippen LogP contribution >= 0.6 is 0 Å². The number of hydrogen-bond acceptors (Lipinski definition) is 3. The van der Waals surface area contributed by atoms with Crippen molar-refractivity contribution in [1.29, 1.82) is 0 Å².